The fourth-order valence-corrected chi connectivity index (χ4v) is 1.44. The lowest BCUT2D eigenvalue weighted by Crippen LogP contribution is -2.08. The lowest BCUT2D eigenvalue weighted by atomic mass is 10.1. The van der Waals surface area contributed by atoms with Crippen molar-refractivity contribution in [3.63, 3.8) is 0 Å². The molecule has 0 fully saturated rings. The zero-order valence-corrected chi connectivity index (χ0v) is 9.93. The van der Waals surface area contributed by atoms with E-state index in [2.05, 4.69) is 20.4 Å². The maximum atomic E-state index is 5.70. The molecule has 0 rings (SSSR count). The molecule has 14 heavy (non-hydrogen) atoms. The van der Waals surface area contributed by atoms with Gasteiger partial charge < -0.3 is 4.74 Å². The molecule has 0 N–H and O–H groups in total. The van der Waals surface area contributed by atoms with Crippen molar-refractivity contribution < 1.29 is 4.74 Å². The smallest absolute Gasteiger partial charge is 0.0547 e. The minimum Gasteiger partial charge on any atom is -0.379 e. The Bertz CT molecular complexity index is 120. The van der Waals surface area contributed by atoms with Crippen molar-refractivity contribution in [2.24, 2.45) is 0 Å². The minimum absolute atomic E-state index is 0.441. The number of unbranched alkanes of at least 4 members (excludes halogenated alkanes) is 4. The van der Waals surface area contributed by atoms with Crippen LogP contribution in [0.3, 0.4) is 0 Å². The third-order valence-electron chi connectivity index (χ3n) is 2.42. The van der Waals surface area contributed by atoms with Crippen molar-refractivity contribution in [1.29, 1.82) is 0 Å². The molecule has 0 aliphatic carbocycles. The van der Waals surface area contributed by atoms with Gasteiger partial charge in [-0.05, 0) is 32.6 Å². The molecule has 0 amide bonds. The van der Waals surface area contributed by atoms with Crippen LogP contribution in [0, 0.1) is 0 Å². The summed E-state index contributed by atoms with van der Waals surface area (Å²) in [6, 6.07) is 0. The van der Waals surface area contributed by atoms with Crippen LogP contribution in [0.1, 0.15) is 58.8 Å². The second-order valence-electron chi connectivity index (χ2n) is 3.96. The molecular formula is C13H26O. The van der Waals surface area contributed by atoms with Crippen LogP contribution in [-0.2, 0) is 4.74 Å². The number of rotatable bonds is 10. The fraction of sp³-hybridized carbons (Fsp3) is 0.846. The quantitative estimate of drug-likeness (QED) is 0.375. The summed E-state index contributed by atoms with van der Waals surface area (Å²) in [6.07, 6.45) is 11.1. The van der Waals surface area contributed by atoms with Gasteiger partial charge in [0.25, 0.3) is 0 Å². The standard InChI is InChI=1S/C13H26O/c1-4-6-8-9-11-13(3)14-12-10-7-5-2/h4,13H,1,5-12H2,2-3H3. The summed E-state index contributed by atoms with van der Waals surface area (Å²) in [5.74, 6) is 0. The first-order chi connectivity index (χ1) is 6.81. The van der Waals surface area contributed by atoms with Gasteiger partial charge in [-0.15, -0.1) is 6.58 Å². The number of allylic oxidation sites excluding steroid dienone is 1. The average Bonchev–Trinajstić information content (AvgIpc) is 2.19. The van der Waals surface area contributed by atoms with Crippen LogP contribution >= 0.6 is 0 Å². The van der Waals surface area contributed by atoms with E-state index >= 15 is 0 Å². The van der Waals surface area contributed by atoms with Crippen LogP contribution in [-0.4, -0.2) is 12.7 Å². The van der Waals surface area contributed by atoms with Gasteiger partial charge in [-0.3, -0.25) is 0 Å². The van der Waals surface area contributed by atoms with E-state index in [0.29, 0.717) is 6.10 Å². The summed E-state index contributed by atoms with van der Waals surface area (Å²) in [6.45, 7) is 9.06. The molecule has 1 nitrogen and oxygen atoms in total. The molecule has 0 aromatic carbocycles. The predicted octanol–water partition coefficient (Wildman–Crippen LogP) is 4.33. The van der Waals surface area contributed by atoms with Crippen molar-refractivity contribution in [2.45, 2.75) is 64.9 Å². The summed E-state index contributed by atoms with van der Waals surface area (Å²) >= 11 is 0. The Kier molecular flexibility index (Phi) is 10.5. The van der Waals surface area contributed by atoms with Gasteiger partial charge in [0.05, 0.1) is 6.10 Å². The molecule has 1 heteroatoms. The Morgan fingerprint density at radius 1 is 1.21 bits per heavy atom. The van der Waals surface area contributed by atoms with E-state index in [1.165, 1.54) is 38.5 Å². The van der Waals surface area contributed by atoms with Gasteiger partial charge in [0.1, 0.15) is 0 Å². The van der Waals surface area contributed by atoms with Gasteiger partial charge in [-0.2, -0.15) is 0 Å². The van der Waals surface area contributed by atoms with Crippen LogP contribution < -0.4 is 0 Å². The van der Waals surface area contributed by atoms with Crippen molar-refractivity contribution in [1.82, 2.24) is 0 Å². The third kappa shape index (κ3) is 9.79. The zero-order chi connectivity index (χ0) is 10.6. The van der Waals surface area contributed by atoms with Crippen LogP contribution in [0.25, 0.3) is 0 Å². The highest BCUT2D eigenvalue weighted by Crippen LogP contribution is 2.07. The van der Waals surface area contributed by atoms with Crippen molar-refractivity contribution in [3.05, 3.63) is 12.7 Å². The summed E-state index contributed by atoms with van der Waals surface area (Å²) in [4.78, 5) is 0. The molecule has 0 spiro atoms. The van der Waals surface area contributed by atoms with Crippen molar-refractivity contribution in [3.8, 4) is 0 Å². The van der Waals surface area contributed by atoms with E-state index in [4.69, 9.17) is 4.74 Å². The second kappa shape index (κ2) is 10.8. The monoisotopic (exact) mass is 198 g/mol. The van der Waals surface area contributed by atoms with E-state index in [1.807, 2.05) is 6.08 Å². The summed E-state index contributed by atoms with van der Waals surface area (Å²) in [5, 5.41) is 0. The first-order valence-electron chi connectivity index (χ1n) is 6.03. The van der Waals surface area contributed by atoms with Gasteiger partial charge in [0.2, 0.25) is 0 Å². The molecule has 84 valence electrons. The molecule has 0 heterocycles. The molecule has 0 radical (unpaired) electrons. The third-order valence-corrected chi connectivity index (χ3v) is 2.42. The molecule has 0 aliphatic rings. The lowest BCUT2D eigenvalue weighted by Gasteiger charge is -2.12. The first-order valence-corrected chi connectivity index (χ1v) is 6.03. The van der Waals surface area contributed by atoms with Gasteiger partial charge in [0, 0.05) is 6.61 Å². The normalized spacial score (nSPS) is 12.7. The summed E-state index contributed by atoms with van der Waals surface area (Å²) in [7, 11) is 0. The largest absolute Gasteiger partial charge is 0.379 e. The molecule has 0 bridgehead atoms. The van der Waals surface area contributed by atoms with Crippen LogP contribution in [0.2, 0.25) is 0 Å². The molecule has 1 unspecified atom stereocenters. The molecule has 0 aliphatic heterocycles. The van der Waals surface area contributed by atoms with Crippen LogP contribution in [0.4, 0.5) is 0 Å². The Balaban J connectivity index is 3.10. The van der Waals surface area contributed by atoms with E-state index < -0.39 is 0 Å². The van der Waals surface area contributed by atoms with E-state index in [9.17, 15) is 0 Å². The SMILES string of the molecule is C=CCCCCC(C)OCCCCC. The van der Waals surface area contributed by atoms with Gasteiger partial charge in [-0.25, -0.2) is 0 Å². The number of ether oxygens (including phenoxy) is 1. The van der Waals surface area contributed by atoms with Gasteiger partial charge >= 0.3 is 0 Å². The van der Waals surface area contributed by atoms with E-state index in [0.717, 1.165) is 13.0 Å². The molecule has 1 atom stereocenters. The van der Waals surface area contributed by atoms with Crippen molar-refractivity contribution in [2.75, 3.05) is 6.61 Å². The van der Waals surface area contributed by atoms with E-state index in [1.54, 1.807) is 0 Å². The topological polar surface area (TPSA) is 9.23 Å². The highest BCUT2D eigenvalue weighted by atomic mass is 16.5. The highest BCUT2D eigenvalue weighted by Gasteiger charge is 2.00. The van der Waals surface area contributed by atoms with Crippen LogP contribution in [0.15, 0.2) is 12.7 Å². The lowest BCUT2D eigenvalue weighted by molar-refractivity contribution is 0.0561. The first kappa shape index (κ1) is 13.7. The summed E-state index contributed by atoms with van der Waals surface area (Å²) in [5.41, 5.74) is 0. The molecule has 0 saturated carbocycles. The molecule has 0 aromatic heterocycles. The van der Waals surface area contributed by atoms with E-state index in [-0.39, 0.29) is 0 Å². The average molecular weight is 198 g/mol. The second-order valence-corrected chi connectivity index (χ2v) is 3.96. The number of hydrogen-bond donors (Lipinski definition) is 0. The molecule has 0 aromatic rings. The fourth-order valence-electron chi connectivity index (χ4n) is 1.44. The highest BCUT2D eigenvalue weighted by molar-refractivity contribution is 4.66. The maximum absolute atomic E-state index is 5.70. The Labute approximate surface area is 89.5 Å². The minimum atomic E-state index is 0.441. The molecule has 0 saturated heterocycles. The summed E-state index contributed by atoms with van der Waals surface area (Å²) < 4.78 is 5.70. The van der Waals surface area contributed by atoms with Crippen molar-refractivity contribution >= 4 is 0 Å². The maximum Gasteiger partial charge on any atom is 0.0547 e. The zero-order valence-electron chi connectivity index (χ0n) is 9.93. The Morgan fingerprint density at radius 3 is 2.64 bits per heavy atom. The molecular weight excluding hydrogens is 172 g/mol. The number of hydrogen-bond acceptors (Lipinski definition) is 1. The Morgan fingerprint density at radius 2 is 2.00 bits per heavy atom. The van der Waals surface area contributed by atoms with Gasteiger partial charge in [0.15, 0.2) is 0 Å². The van der Waals surface area contributed by atoms with Crippen LogP contribution in [0.5, 0.6) is 0 Å². The van der Waals surface area contributed by atoms with Gasteiger partial charge in [-0.1, -0.05) is 32.3 Å². The predicted molar refractivity (Wildman–Crippen MR) is 63.6 cm³/mol. The Hall–Kier alpha value is -0.300.